The van der Waals surface area contributed by atoms with Gasteiger partial charge in [0.1, 0.15) is 6.29 Å². The summed E-state index contributed by atoms with van der Waals surface area (Å²) >= 11 is 0. The minimum absolute atomic E-state index is 0.0100. The Labute approximate surface area is 112 Å². The monoisotopic (exact) mass is 252 g/mol. The van der Waals surface area contributed by atoms with Crippen LogP contribution in [0.4, 0.5) is 0 Å². The molecule has 0 aromatic rings. The third kappa shape index (κ3) is 3.12. The zero-order chi connectivity index (χ0) is 13.2. The number of carbonyl (C=O) groups excluding carboxylic acids is 1. The van der Waals surface area contributed by atoms with E-state index in [1.807, 2.05) is 0 Å². The average Bonchev–Trinajstić information content (AvgIpc) is 2.78. The van der Waals surface area contributed by atoms with Gasteiger partial charge in [0.05, 0.1) is 0 Å². The Morgan fingerprint density at radius 3 is 2.06 bits per heavy atom. The van der Waals surface area contributed by atoms with Gasteiger partial charge < -0.3 is 4.79 Å². The lowest BCUT2D eigenvalue weighted by Crippen LogP contribution is -2.55. The highest BCUT2D eigenvalue weighted by Gasteiger charge is 2.36. The second kappa shape index (κ2) is 5.30. The molecule has 0 spiro atoms. The molecule has 0 bridgehead atoms. The van der Waals surface area contributed by atoms with Crippen molar-refractivity contribution in [3.05, 3.63) is 0 Å². The number of piperazine rings is 1. The van der Waals surface area contributed by atoms with Crippen molar-refractivity contribution in [3.8, 4) is 0 Å². The maximum Gasteiger partial charge on any atom is 0.127 e. The van der Waals surface area contributed by atoms with Crippen LogP contribution in [0.2, 0.25) is 0 Å². The van der Waals surface area contributed by atoms with Gasteiger partial charge in [-0.25, -0.2) is 0 Å². The standard InChI is InChI=1S/C15H28N2O/c1-14(2,3)17-10-8-16(9-11-17)12-15(13-18)6-4-5-7-15/h13H,4-12H2,1-3H3. The van der Waals surface area contributed by atoms with E-state index in [2.05, 4.69) is 30.6 Å². The van der Waals surface area contributed by atoms with E-state index < -0.39 is 0 Å². The first kappa shape index (κ1) is 14.0. The van der Waals surface area contributed by atoms with E-state index in [1.165, 1.54) is 19.1 Å². The highest BCUT2D eigenvalue weighted by atomic mass is 16.1. The van der Waals surface area contributed by atoms with Crippen LogP contribution in [0.15, 0.2) is 0 Å². The van der Waals surface area contributed by atoms with E-state index in [0.717, 1.165) is 45.6 Å². The van der Waals surface area contributed by atoms with Crippen molar-refractivity contribution in [2.24, 2.45) is 5.41 Å². The number of aldehydes is 1. The SMILES string of the molecule is CC(C)(C)N1CCN(CC2(C=O)CCCC2)CC1. The minimum Gasteiger partial charge on any atom is -0.303 e. The van der Waals surface area contributed by atoms with E-state index in [0.29, 0.717) is 0 Å². The Bertz CT molecular complexity index is 281. The first-order valence-electron chi connectivity index (χ1n) is 7.39. The quantitative estimate of drug-likeness (QED) is 0.719. The molecular weight excluding hydrogens is 224 g/mol. The molecule has 3 nitrogen and oxygen atoms in total. The molecule has 0 radical (unpaired) electrons. The van der Waals surface area contributed by atoms with Gasteiger partial charge in [-0.1, -0.05) is 12.8 Å². The molecule has 0 unspecified atom stereocenters. The number of rotatable bonds is 3. The Kier molecular flexibility index (Phi) is 4.12. The fraction of sp³-hybridized carbons (Fsp3) is 0.933. The predicted octanol–water partition coefficient (Wildman–Crippen LogP) is 2.16. The Balaban J connectivity index is 1.85. The summed E-state index contributed by atoms with van der Waals surface area (Å²) in [4.78, 5) is 16.4. The van der Waals surface area contributed by atoms with Gasteiger partial charge in [-0.05, 0) is 33.6 Å². The zero-order valence-corrected chi connectivity index (χ0v) is 12.2. The molecule has 0 aromatic carbocycles. The van der Waals surface area contributed by atoms with Crippen LogP contribution in [0.25, 0.3) is 0 Å². The molecule has 1 aliphatic carbocycles. The van der Waals surface area contributed by atoms with E-state index in [9.17, 15) is 4.79 Å². The van der Waals surface area contributed by atoms with Gasteiger partial charge in [-0.3, -0.25) is 9.80 Å². The summed E-state index contributed by atoms with van der Waals surface area (Å²) in [7, 11) is 0. The lowest BCUT2D eigenvalue weighted by atomic mass is 9.87. The van der Waals surface area contributed by atoms with Crippen LogP contribution in [-0.2, 0) is 4.79 Å². The van der Waals surface area contributed by atoms with Crippen LogP contribution in [0, 0.1) is 5.41 Å². The van der Waals surface area contributed by atoms with Gasteiger partial charge in [0.15, 0.2) is 0 Å². The van der Waals surface area contributed by atoms with Crippen molar-refractivity contribution >= 4 is 6.29 Å². The number of hydrogen-bond acceptors (Lipinski definition) is 3. The molecule has 1 saturated heterocycles. The molecule has 2 fully saturated rings. The van der Waals surface area contributed by atoms with Crippen molar-refractivity contribution < 1.29 is 4.79 Å². The molecule has 2 aliphatic rings. The van der Waals surface area contributed by atoms with Gasteiger partial charge in [0, 0.05) is 43.7 Å². The van der Waals surface area contributed by atoms with Crippen LogP contribution in [-0.4, -0.2) is 54.3 Å². The molecule has 1 saturated carbocycles. The summed E-state index contributed by atoms with van der Waals surface area (Å²) in [5.74, 6) is 0. The summed E-state index contributed by atoms with van der Waals surface area (Å²) in [6, 6.07) is 0. The van der Waals surface area contributed by atoms with Gasteiger partial charge in [0.2, 0.25) is 0 Å². The predicted molar refractivity (Wildman–Crippen MR) is 74.7 cm³/mol. The van der Waals surface area contributed by atoms with Gasteiger partial charge in [0.25, 0.3) is 0 Å². The molecule has 0 atom stereocenters. The number of hydrogen-bond donors (Lipinski definition) is 0. The first-order chi connectivity index (χ1) is 8.45. The fourth-order valence-electron chi connectivity index (χ4n) is 3.41. The smallest absolute Gasteiger partial charge is 0.127 e. The van der Waals surface area contributed by atoms with Crippen molar-refractivity contribution in [2.75, 3.05) is 32.7 Å². The molecule has 1 aliphatic heterocycles. The summed E-state index contributed by atoms with van der Waals surface area (Å²) in [6.45, 7) is 12.4. The maximum absolute atomic E-state index is 11.4. The Morgan fingerprint density at radius 2 is 1.61 bits per heavy atom. The molecule has 0 amide bonds. The van der Waals surface area contributed by atoms with Crippen LogP contribution in [0.5, 0.6) is 0 Å². The van der Waals surface area contributed by atoms with Crippen LogP contribution in [0.1, 0.15) is 46.5 Å². The summed E-state index contributed by atoms with van der Waals surface area (Å²) in [6.07, 6.45) is 5.93. The number of carbonyl (C=O) groups is 1. The zero-order valence-electron chi connectivity index (χ0n) is 12.2. The topological polar surface area (TPSA) is 23.6 Å². The van der Waals surface area contributed by atoms with E-state index in [-0.39, 0.29) is 11.0 Å². The normalized spacial score (nSPS) is 26.4. The lowest BCUT2D eigenvalue weighted by Gasteiger charge is -2.43. The largest absolute Gasteiger partial charge is 0.303 e. The Morgan fingerprint density at radius 1 is 1.06 bits per heavy atom. The number of nitrogens with zero attached hydrogens (tertiary/aromatic N) is 2. The van der Waals surface area contributed by atoms with Crippen molar-refractivity contribution in [1.82, 2.24) is 9.80 Å². The average molecular weight is 252 g/mol. The second-order valence-corrected chi connectivity index (χ2v) is 7.12. The third-order valence-corrected chi connectivity index (χ3v) is 4.71. The molecule has 1 heterocycles. The highest BCUT2D eigenvalue weighted by Crippen LogP contribution is 2.37. The minimum atomic E-state index is -0.0100. The summed E-state index contributed by atoms with van der Waals surface area (Å²) in [5, 5.41) is 0. The molecule has 104 valence electrons. The summed E-state index contributed by atoms with van der Waals surface area (Å²) < 4.78 is 0. The van der Waals surface area contributed by atoms with Crippen LogP contribution in [0.3, 0.4) is 0 Å². The van der Waals surface area contributed by atoms with Crippen molar-refractivity contribution in [3.63, 3.8) is 0 Å². The molecule has 18 heavy (non-hydrogen) atoms. The molecule has 0 N–H and O–H groups in total. The first-order valence-corrected chi connectivity index (χ1v) is 7.39. The molecule has 2 rings (SSSR count). The highest BCUT2D eigenvalue weighted by molar-refractivity contribution is 5.60. The maximum atomic E-state index is 11.4. The molecule has 0 aromatic heterocycles. The van der Waals surface area contributed by atoms with Crippen molar-refractivity contribution in [1.29, 1.82) is 0 Å². The van der Waals surface area contributed by atoms with E-state index >= 15 is 0 Å². The second-order valence-electron chi connectivity index (χ2n) is 7.12. The van der Waals surface area contributed by atoms with Gasteiger partial charge in [-0.2, -0.15) is 0 Å². The lowest BCUT2D eigenvalue weighted by molar-refractivity contribution is -0.117. The molecule has 3 heteroatoms. The van der Waals surface area contributed by atoms with E-state index in [1.54, 1.807) is 0 Å². The molecular formula is C15H28N2O. The summed E-state index contributed by atoms with van der Waals surface area (Å²) in [5.41, 5.74) is 0.270. The fourth-order valence-corrected chi connectivity index (χ4v) is 3.41. The van der Waals surface area contributed by atoms with Crippen LogP contribution < -0.4 is 0 Å². The third-order valence-electron chi connectivity index (χ3n) is 4.71. The van der Waals surface area contributed by atoms with Gasteiger partial charge in [-0.15, -0.1) is 0 Å². The Hall–Kier alpha value is -0.410. The van der Waals surface area contributed by atoms with E-state index in [4.69, 9.17) is 0 Å². The van der Waals surface area contributed by atoms with Gasteiger partial charge >= 0.3 is 0 Å². The van der Waals surface area contributed by atoms with Crippen LogP contribution >= 0.6 is 0 Å². The van der Waals surface area contributed by atoms with Crippen molar-refractivity contribution in [2.45, 2.75) is 52.0 Å².